The Morgan fingerprint density at radius 1 is 1.52 bits per heavy atom. The zero-order valence-corrected chi connectivity index (χ0v) is 13.1. The number of rotatable bonds is 6. The van der Waals surface area contributed by atoms with Crippen LogP contribution in [0.3, 0.4) is 0 Å². The number of unbranched alkanes of at least 4 members (excludes halogenated alkanes) is 1. The molecule has 1 aliphatic heterocycles. The van der Waals surface area contributed by atoms with Gasteiger partial charge in [0.25, 0.3) is 5.91 Å². The van der Waals surface area contributed by atoms with Gasteiger partial charge >= 0.3 is 0 Å². The van der Waals surface area contributed by atoms with Crippen LogP contribution in [0, 0.1) is 0 Å². The van der Waals surface area contributed by atoms with Crippen molar-refractivity contribution in [2.75, 3.05) is 31.6 Å². The number of hydrogen-bond donors (Lipinski definition) is 2. The van der Waals surface area contributed by atoms with Crippen molar-refractivity contribution < 1.29 is 14.3 Å². The predicted molar refractivity (Wildman–Crippen MR) is 85.3 cm³/mol. The van der Waals surface area contributed by atoms with Crippen molar-refractivity contribution in [2.24, 2.45) is 0 Å². The molecular formula is C15H23ClN2O3. The first-order chi connectivity index (χ1) is 9.79. The number of anilines is 1. The van der Waals surface area contributed by atoms with Crippen molar-refractivity contribution in [3.63, 3.8) is 0 Å². The maximum absolute atomic E-state index is 12.0. The summed E-state index contributed by atoms with van der Waals surface area (Å²) in [6.45, 7) is 4.74. The fourth-order valence-corrected chi connectivity index (χ4v) is 1.95. The lowest BCUT2D eigenvalue weighted by Gasteiger charge is -2.22. The largest absolute Gasteiger partial charge is 0.494 e. The zero-order valence-electron chi connectivity index (χ0n) is 12.3. The molecule has 0 aliphatic carbocycles. The number of amides is 1. The second kappa shape index (κ2) is 9.60. The molecule has 1 amide bonds. The molecule has 118 valence electrons. The van der Waals surface area contributed by atoms with Crippen molar-refractivity contribution in [2.45, 2.75) is 25.9 Å². The average molecular weight is 315 g/mol. The summed E-state index contributed by atoms with van der Waals surface area (Å²) >= 11 is 0. The topological polar surface area (TPSA) is 59.6 Å². The molecule has 2 N–H and O–H groups in total. The molecule has 1 atom stereocenters. The molecule has 1 fully saturated rings. The number of morpholine rings is 1. The second-order valence-electron chi connectivity index (χ2n) is 4.78. The van der Waals surface area contributed by atoms with Gasteiger partial charge in [-0.1, -0.05) is 19.4 Å². The molecule has 1 aromatic rings. The molecular weight excluding hydrogens is 292 g/mol. The van der Waals surface area contributed by atoms with E-state index in [9.17, 15) is 4.79 Å². The third kappa shape index (κ3) is 5.91. The Labute approximate surface area is 131 Å². The van der Waals surface area contributed by atoms with Crippen molar-refractivity contribution in [1.82, 2.24) is 5.32 Å². The normalized spacial score (nSPS) is 17.7. The van der Waals surface area contributed by atoms with Gasteiger partial charge in [-0.3, -0.25) is 4.79 Å². The monoisotopic (exact) mass is 314 g/mol. The van der Waals surface area contributed by atoms with Crippen LogP contribution in [-0.2, 0) is 9.53 Å². The highest BCUT2D eigenvalue weighted by molar-refractivity contribution is 5.94. The SMILES string of the molecule is CCCCOc1cccc(NC(=O)C2CNCCO2)c1.Cl. The van der Waals surface area contributed by atoms with Gasteiger partial charge in [0.15, 0.2) is 0 Å². The van der Waals surface area contributed by atoms with Crippen LogP contribution in [0.1, 0.15) is 19.8 Å². The quantitative estimate of drug-likeness (QED) is 0.790. The minimum atomic E-state index is -0.423. The third-order valence-electron chi connectivity index (χ3n) is 3.09. The van der Waals surface area contributed by atoms with Crippen LogP contribution in [0.2, 0.25) is 0 Å². The summed E-state index contributed by atoms with van der Waals surface area (Å²) in [5.41, 5.74) is 0.734. The smallest absolute Gasteiger partial charge is 0.254 e. The van der Waals surface area contributed by atoms with Gasteiger partial charge in [-0.15, -0.1) is 12.4 Å². The van der Waals surface area contributed by atoms with Crippen LogP contribution in [-0.4, -0.2) is 38.3 Å². The highest BCUT2D eigenvalue weighted by atomic mass is 35.5. The minimum Gasteiger partial charge on any atom is -0.494 e. The minimum absolute atomic E-state index is 0. The van der Waals surface area contributed by atoms with Gasteiger partial charge in [0, 0.05) is 24.8 Å². The number of halogens is 1. The standard InChI is InChI=1S/C15H22N2O3.ClH/c1-2-3-8-19-13-6-4-5-12(10-13)17-15(18)14-11-16-7-9-20-14;/h4-6,10,14,16H,2-3,7-9,11H2,1H3,(H,17,18);1H. The van der Waals surface area contributed by atoms with Crippen molar-refractivity contribution in [3.05, 3.63) is 24.3 Å². The highest BCUT2D eigenvalue weighted by Crippen LogP contribution is 2.18. The molecule has 1 aromatic carbocycles. The number of hydrogen-bond acceptors (Lipinski definition) is 4. The summed E-state index contributed by atoms with van der Waals surface area (Å²) in [7, 11) is 0. The van der Waals surface area contributed by atoms with Gasteiger partial charge in [-0.25, -0.2) is 0 Å². The summed E-state index contributed by atoms with van der Waals surface area (Å²) < 4.78 is 11.0. The van der Waals surface area contributed by atoms with Gasteiger partial charge in [0.2, 0.25) is 0 Å². The van der Waals surface area contributed by atoms with Gasteiger partial charge in [-0.05, 0) is 18.6 Å². The van der Waals surface area contributed by atoms with Crippen molar-refractivity contribution in [1.29, 1.82) is 0 Å². The Bertz CT molecular complexity index is 437. The number of ether oxygens (including phenoxy) is 2. The van der Waals surface area contributed by atoms with Crippen molar-refractivity contribution in [3.8, 4) is 5.75 Å². The molecule has 1 saturated heterocycles. The fourth-order valence-electron chi connectivity index (χ4n) is 1.95. The Kier molecular flexibility index (Phi) is 8.12. The summed E-state index contributed by atoms with van der Waals surface area (Å²) in [6.07, 6.45) is 1.70. The summed E-state index contributed by atoms with van der Waals surface area (Å²) in [6, 6.07) is 7.45. The molecule has 0 saturated carbocycles. The second-order valence-corrected chi connectivity index (χ2v) is 4.78. The number of carbonyl (C=O) groups excluding carboxylic acids is 1. The van der Waals surface area contributed by atoms with Gasteiger partial charge < -0.3 is 20.1 Å². The van der Waals surface area contributed by atoms with E-state index in [0.717, 1.165) is 30.8 Å². The molecule has 0 radical (unpaired) electrons. The maximum Gasteiger partial charge on any atom is 0.254 e. The molecule has 1 aliphatic rings. The van der Waals surface area contributed by atoms with Gasteiger partial charge in [-0.2, -0.15) is 0 Å². The van der Waals surface area contributed by atoms with Crippen molar-refractivity contribution >= 4 is 24.0 Å². The fraction of sp³-hybridized carbons (Fsp3) is 0.533. The van der Waals surface area contributed by atoms with Crippen LogP contribution in [0.5, 0.6) is 5.75 Å². The Hall–Kier alpha value is -1.30. The molecule has 1 unspecified atom stereocenters. The predicted octanol–water partition coefficient (Wildman–Crippen LogP) is 2.21. The first kappa shape index (κ1) is 17.8. The molecule has 2 rings (SSSR count). The van der Waals surface area contributed by atoms with E-state index in [1.54, 1.807) is 0 Å². The van der Waals surface area contributed by atoms with Crippen LogP contribution >= 0.6 is 12.4 Å². The van der Waals surface area contributed by atoms with E-state index in [0.29, 0.717) is 19.8 Å². The summed E-state index contributed by atoms with van der Waals surface area (Å²) in [4.78, 5) is 12.0. The lowest BCUT2D eigenvalue weighted by molar-refractivity contribution is -0.128. The molecule has 0 bridgehead atoms. The lowest BCUT2D eigenvalue weighted by atomic mass is 10.2. The molecule has 6 heteroatoms. The van der Waals surface area contributed by atoms with Crippen LogP contribution in [0.15, 0.2) is 24.3 Å². The molecule has 5 nitrogen and oxygen atoms in total. The molecule has 1 heterocycles. The van der Waals surface area contributed by atoms with E-state index in [1.165, 1.54) is 0 Å². The van der Waals surface area contributed by atoms with Gasteiger partial charge in [0.05, 0.1) is 13.2 Å². The molecule has 0 spiro atoms. The zero-order chi connectivity index (χ0) is 14.2. The summed E-state index contributed by atoms with van der Waals surface area (Å²) in [5.74, 6) is 0.654. The molecule has 0 aromatic heterocycles. The summed E-state index contributed by atoms with van der Waals surface area (Å²) in [5, 5.41) is 6.00. The number of carbonyl (C=O) groups is 1. The molecule has 21 heavy (non-hydrogen) atoms. The Morgan fingerprint density at radius 3 is 3.10 bits per heavy atom. The Morgan fingerprint density at radius 2 is 2.38 bits per heavy atom. The van der Waals surface area contributed by atoms with Crippen LogP contribution in [0.4, 0.5) is 5.69 Å². The Balaban J connectivity index is 0.00000220. The maximum atomic E-state index is 12.0. The van der Waals surface area contributed by atoms with Gasteiger partial charge in [0.1, 0.15) is 11.9 Å². The average Bonchev–Trinajstić information content (AvgIpc) is 2.49. The van der Waals surface area contributed by atoms with Crippen LogP contribution in [0.25, 0.3) is 0 Å². The third-order valence-corrected chi connectivity index (χ3v) is 3.09. The van der Waals surface area contributed by atoms with E-state index < -0.39 is 6.10 Å². The highest BCUT2D eigenvalue weighted by Gasteiger charge is 2.21. The number of benzene rings is 1. The van der Waals surface area contributed by atoms with E-state index in [2.05, 4.69) is 17.6 Å². The van der Waals surface area contributed by atoms with E-state index in [4.69, 9.17) is 9.47 Å². The van der Waals surface area contributed by atoms with E-state index in [-0.39, 0.29) is 18.3 Å². The number of nitrogens with one attached hydrogen (secondary N) is 2. The van der Waals surface area contributed by atoms with E-state index in [1.807, 2.05) is 24.3 Å². The lowest BCUT2D eigenvalue weighted by Crippen LogP contribution is -2.45. The van der Waals surface area contributed by atoms with E-state index >= 15 is 0 Å². The first-order valence-corrected chi connectivity index (χ1v) is 7.15. The first-order valence-electron chi connectivity index (χ1n) is 7.15. The van der Waals surface area contributed by atoms with Crippen LogP contribution < -0.4 is 15.4 Å².